The quantitative estimate of drug-likeness (QED) is 0.479. The summed E-state index contributed by atoms with van der Waals surface area (Å²) in [6.07, 6.45) is 3.71. The van der Waals surface area contributed by atoms with Crippen LogP contribution in [0.15, 0.2) is 5.10 Å². The van der Waals surface area contributed by atoms with Crippen LogP contribution in [0.2, 0.25) is 0 Å². The minimum absolute atomic E-state index is 1.01. The first-order valence-corrected chi connectivity index (χ1v) is 3.10. The lowest BCUT2D eigenvalue weighted by Gasteiger charge is -2.06. The summed E-state index contributed by atoms with van der Waals surface area (Å²) >= 11 is 0. The van der Waals surface area contributed by atoms with E-state index in [4.69, 9.17) is 5.26 Å². The average Bonchev–Trinajstić information content (AvgIpc) is 2.34. The van der Waals surface area contributed by atoms with Crippen molar-refractivity contribution >= 4 is 6.21 Å². The van der Waals surface area contributed by atoms with E-state index in [9.17, 15) is 0 Å². The van der Waals surface area contributed by atoms with E-state index >= 15 is 0 Å². The molecule has 0 aliphatic carbocycles. The zero-order valence-corrected chi connectivity index (χ0v) is 5.25. The fraction of sp³-hybridized carbons (Fsp3) is 0.667. The van der Waals surface area contributed by atoms with Gasteiger partial charge in [-0.15, -0.1) is 0 Å². The normalized spacial score (nSPS) is 18.8. The number of nitrogens with zero attached hydrogens (tertiary/aromatic N) is 3. The average molecular weight is 123 g/mol. The van der Waals surface area contributed by atoms with Crippen LogP contribution in [-0.4, -0.2) is 24.3 Å². The molecule has 0 amide bonds. The lowest BCUT2D eigenvalue weighted by Crippen LogP contribution is -2.10. The molecule has 0 unspecified atom stereocenters. The lowest BCUT2D eigenvalue weighted by molar-refractivity contribution is 0.363. The molecule has 48 valence electrons. The van der Waals surface area contributed by atoms with Crippen LogP contribution in [-0.2, 0) is 0 Å². The number of hydrazone groups is 1. The molecule has 0 bridgehead atoms. The summed E-state index contributed by atoms with van der Waals surface area (Å²) < 4.78 is 0. The standard InChI is InChI=1S/C6H9N3/c7-3-4-8-9-5-1-2-6-9/h4H,1-2,5-6H2. The van der Waals surface area contributed by atoms with Gasteiger partial charge in [0.25, 0.3) is 0 Å². The van der Waals surface area contributed by atoms with Gasteiger partial charge in [0.2, 0.25) is 0 Å². The van der Waals surface area contributed by atoms with Crippen LogP contribution >= 0.6 is 0 Å². The van der Waals surface area contributed by atoms with Gasteiger partial charge < -0.3 is 0 Å². The molecule has 1 aliphatic rings. The molecule has 0 N–H and O–H groups in total. The molecule has 0 spiro atoms. The highest BCUT2D eigenvalue weighted by Gasteiger charge is 2.06. The summed E-state index contributed by atoms with van der Waals surface area (Å²) in [5.41, 5.74) is 0. The van der Waals surface area contributed by atoms with E-state index in [1.54, 1.807) is 0 Å². The molecule has 1 saturated heterocycles. The van der Waals surface area contributed by atoms with Gasteiger partial charge in [-0.25, -0.2) is 0 Å². The van der Waals surface area contributed by atoms with E-state index in [1.807, 2.05) is 11.1 Å². The lowest BCUT2D eigenvalue weighted by atomic mass is 10.4. The van der Waals surface area contributed by atoms with Gasteiger partial charge in [0.05, 0.1) is 0 Å². The van der Waals surface area contributed by atoms with E-state index in [2.05, 4.69) is 5.10 Å². The zero-order chi connectivity index (χ0) is 6.53. The second-order valence-electron chi connectivity index (χ2n) is 2.03. The molecule has 1 rings (SSSR count). The van der Waals surface area contributed by atoms with E-state index in [0.29, 0.717) is 0 Å². The van der Waals surface area contributed by atoms with Gasteiger partial charge in [-0.05, 0) is 12.8 Å². The topological polar surface area (TPSA) is 39.4 Å². The molecular weight excluding hydrogens is 114 g/mol. The summed E-state index contributed by atoms with van der Waals surface area (Å²) in [6, 6.07) is 1.86. The number of rotatable bonds is 1. The van der Waals surface area contributed by atoms with Crippen molar-refractivity contribution in [1.29, 1.82) is 5.26 Å². The third-order valence-corrected chi connectivity index (χ3v) is 1.36. The number of hydrogen-bond donors (Lipinski definition) is 0. The van der Waals surface area contributed by atoms with E-state index < -0.39 is 0 Å². The van der Waals surface area contributed by atoms with Crippen molar-refractivity contribution in [3.05, 3.63) is 0 Å². The smallest absolute Gasteiger partial charge is 0.124 e. The molecule has 1 fully saturated rings. The van der Waals surface area contributed by atoms with Gasteiger partial charge in [0, 0.05) is 13.1 Å². The van der Waals surface area contributed by atoms with Crippen LogP contribution in [0.25, 0.3) is 0 Å². The molecule has 1 heterocycles. The van der Waals surface area contributed by atoms with Crippen molar-refractivity contribution in [2.24, 2.45) is 5.10 Å². The first-order valence-electron chi connectivity index (χ1n) is 3.10. The summed E-state index contributed by atoms with van der Waals surface area (Å²) in [5, 5.41) is 13.9. The minimum Gasteiger partial charge on any atom is -0.296 e. The Kier molecular flexibility index (Phi) is 2.08. The Labute approximate surface area is 54.6 Å². The van der Waals surface area contributed by atoms with Crippen LogP contribution in [0, 0.1) is 11.3 Å². The summed E-state index contributed by atoms with van der Waals surface area (Å²) in [6.45, 7) is 2.02. The Morgan fingerprint density at radius 1 is 1.44 bits per heavy atom. The molecule has 9 heavy (non-hydrogen) atoms. The third kappa shape index (κ3) is 1.73. The maximum absolute atomic E-state index is 8.10. The molecule has 0 saturated carbocycles. The van der Waals surface area contributed by atoms with Gasteiger partial charge in [0.15, 0.2) is 0 Å². The maximum Gasteiger partial charge on any atom is 0.124 e. The van der Waals surface area contributed by atoms with E-state index in [1.165, 1.54) is 19.1 Å². The summed E-state index contributed by atoms with van der Waals surface area (Å²) in [4.78, 5) is 0. The van der Waals surface area contributed by atoms with Crippen LogP contribution in [0.4, 0.5) is 0 Å². The van der Waals surface area contributed by atoms with Crippen molar-refractivity contribution in [2.45, 2.75) is 12.8 Å². The molecule has 0 atom stereocenters. The van der Waals surface area contributed by atoms with Crippen LogP contribution in [0.3, 0.4) is 0 Å². The van der Waals surface area contributed by atoms with Crippen LogP contribution in [0.1, 0.15) is 12.8 Å². The fourth-order valence-corrected chi connectivity index (χ4v) is 0.923. The third-order valence-electron chi connectivity index (χ3n) is 1.36. The van der Waals surface area contributed by atoms with Gasteiger partial charge >= 0.3 is 0 Å². The second kappa shape index (κ2) is 3.08. The Morgan fingerprint density at radius 3 is 2.67 bits per heavy atom. The largest absolute Gasteiger partial charge is 0.296 e. The summed E-state index contributed by atoms with van der Waals surface area (Å²) in [5.74, 6) is 0. The molecule has 0 aromatic carbocycles. The molecule has 1 aliphatic heterocycles. The van der Waals surface area contributed by atoms with Gasteiger partial charge in [0.1, 0.15) is 12.3 Å². The van der Waals surface area contributed by atoms with E-state index in [0.717, 1.165) is 13.1 Å². The maximum atomic E-state index is 8.10. The Morgan fingerprint density at radius 2 is 2.11 bits per heavy atom. The second-order valence-corrected chi connectivity index (χ2v) is 2.03. The minimum atomic E-state index is 1.01. The monoisotopic (exact) mass is 123 g/mol. The highest BCUT2D eigenvalue weighted by molar-refractivity contribution is 5.74. The van der Waals surface area contributed by atoms with E-state index in [-0.39, 0.29) is 0 Å². The van der Waals surface area contributed by atoms with Crippen LogP contribution in [0.5, 0.6) is 0 Å². The fourth-order valence-electron chi connectivity index (χ4n) is 0.923. The highest BCUT2D eigenvalue weighted by atomic mass is 15.5. The zero-order valence-electron chi connectivity index (χ0n) is 5.25. The predicted octanol–water partition coefficient (Wildman–Crippen LogP) is 0.592. The van der Waals surface area contributed by atoms with Crippen molar-refractivity contribution in [2.75, 3.05) is 13.1 Å². The van der Waals surface area contributed by atoms with Crippen molar-refractivity contribution in [3.8, 4) is 6.07 Å². The molecule has 3 heteroatoms. The molecule has 0 aromatic heterocycles. The van der Waals surface area contributed by atoms with Gasteiger partial charge in [-0.3, -0.25) is 5.01 Å². The first kappa shape index (κ1) is 6.09. The molecule has 3 nitrogen and oxygen atoms in total. The van der Waals surface area contributed by atoms with Gasteiger partial charge in [-0.2, -0.15) is 10.4 Å². The number of nitriles is 1. The Balaban J connectivity index is 2.28. The number of hydrogen-bond acceptors (Lipinski definition) is 3. The van der Waals surface area contributed by atoms with Crippen molar-refractivity contribution < 1.29 is 0 Å². The Hall–Kier alpha value is -1.04. The first-order chi connectivity index (χ1) is 4.43. The molecular formula is C6H9N3. The highest BCUT2D eigenvalue weighted by Crippen LogP contribution is 2.05. The van der Waals surface area contributed by atoms with Crippen molar-refractivity contribution in [1.82, 2.24) is 5.01 Å². The summed E-state index contributed by atoms with van der Waals surface area (Å²) in [7, 11) is 0. The molecule has 0 aromatic rings. The molecule has 0 radical (unpaired) electrons. The van der Waals surface area contributed by atoms with Gasteiger partial charge in [-0.1, -0.05) is 0 Å². The van der Waals surface area contributed by atoms with Crippen LogP contribution < -0.4 is 0 Å². The predicted molar refractivity (Wildman–Crippen MR) is 34.9 cm³/mol. The SMILES string of the molecule is N#CC=NN1CCCC1. The van der Waals surface area contributed by atoms with Crippen molar-refractivity contribution in [3.63, 3.8) is 0 Å². The Bertz CT molecular complexity index is 139.